The highest BCUT2D eigenvalue weighted by Gasteiger charge is 2.01. The van der Waals surface area contributed by atoms with Crippen LogP contribution in [-0.4, -0.2) is 13.0 Å². The van der Waals surface area contributed by atoms with Gasteiger partial charge >= 0.3 is 0 Å². The maximum absolute atomic E-state index is 11.8. The number of rotatable bonds is 5. The van der Waals surface area contributed by atoms with Crippen LogP contribution in [0, 0.1) is 0 Å². The molecule has 0 aromatic heterocycles. The fourth-order valence-corrected chi connectivity index (χ4v) is 1.77. The van der Waals surface area contributed by atoms with E-state index >= 15 is 0 Å². The van der Waals surface area contributed by atoms with E-state index in [0.717, 1.165) is 16.9 Å². The number of hydrogen-bond donors (Lipinski definition) is 1. The van der Waals surface area contributed by atoms with E-state index in [2.05, 4.69) is 5.32 Å². The third-order valence-corrected chi connectivity index (χ3v) is 2.84. The van der Waals surface area contributed by atoms with Gasteiger partial charge in [0.15, 0.2) is 0 Å². The van der Waals surface area contributed by atoms with Gasteiger partial charge in [-0.3, -0.25) is 4.79 Å². The van der Waals surface area contributed by atoms with Crippen LogP contribution in [0.5, 0.6) is 5.75 Å². The zero-order valence-electron chi connectivity index (χ0n) is 11.4. The van der Waals surface area contributed by atoms with Gasteiger partial charge in [-0.2, -0.15) is 0 Å². The Morgan fingerprint density at radius 2 is 1.80 bits per heavy atom. The number of carbonyl (C=O) groups is 1. The normalized spacial score (nSPS) is 10.4. The molecule has 0 aliphatic carbocycles. The topological polar surface area (TPSA) is 38.3 Å². The van der Waals surface area contributed by atoms with E-state index in [1.807, 2.05) is 60.7 Å². The summed E-state index contributed by atoms with van der Waals surface area (Å²) in [6.45, 7) is 0. The summed E-state index contributed by atoms with van der Waals surface area (Å²) in [4.78, 5) is 11.8. The Kier molecular flexibility index (Phi) is 4.95. The molecule has 0 atom stereocenters. The lowest BCUT2D eigenvalue weighted by Gasteiger charge is -2.03. The molecule has 2 aromatic carbocycles. The van der Waals surface area contributed by atoms with E-state index in [0.29, 0.717) is 6.42 Å². The number of hydrogen-bond acceptors (Lipinski definition) is 2. The molecular formula is C17H17NO2. The Bertz CT molecular complexity index is 574. The van der Waals surface area contributed by atoms with Crippen LogP contribution in [0.4, 0.5) is 0 Å². The maximum Gasteiger partial charge on any atom is 0.228 e. The smallest absolute Gasteiger partial charge is 0.228 e. The average Bonchev–Trinajstić information content (AvgIpc) is 2.49. The van der Waals surface area contributed by atoms with Crippen LogP contribution in [0.15, 0.2) is 60.8 Å². The van der Waals surface area contributed by atoms with Gasteiger partial charge in [-0.15, -0.1) is 0 Å². The molecule has 2 rings (SSSR count). The third-order valence-electron chi connectivity index (χ3n) is 2.84. The van der Waals surface area contributed by atoms with Crippen LogP contribution < -0.4 is 10.1 Å². The van der Waals surface area contributed by atoms with E-state index in [4.69, 9.17) is 4.74 Å². The minimum Gasteiger partial charge on any atom is -0.497 e. The van der Waals surface area contributed by atoms with Gasteiger partial charge in [0.25, 0.3) is 0 Å². The lowest BCUT2D eigenvalue weighted by atomic mass is 10.1. The third kappa shape index (κ3) is 4.28. The minimum atomic E-state index is -0.0395. The van der Waals surface area contributed by atoms with Crippen LogP contribution in [0.2, 0.25) is 0 Å². The van der Waals surface area contributed by atoms with Crippen molar-refractivity contribution >= 4 is 12.0 Å². The van der Waals surface area contributed by atoms with E-state index < -0.39 is 0 Å². The molecule has 0 heterocycles. The molecule has 0 saturated carbocycles. The molecule has 0 bridgehead atoms. The Morgan fingerprint density at radius 3 is 2.45 bits per heavy atom. The average molecular weight is 267 g/mol. The molecule has 0 unspecified atom stereocenters. The Morgan fingerprint density at radius 1 is 1.10 bits per heavy atom. The number of nitrogens with one attached hydrogen (secondary N) is 1. The quantitative estimate of drug-likeness (QED) is 0.904. The van der Waals surface area contributed by atoms with Gasteiger partial charge in [-0.05, 0) is 29.3 Å². The van der Waals surface area contributed by atoms with Gasteiger partial charge < -0.3 is 10.1 Å². The van der Waals surface area contributed by atoms with Gasteiger partial charge in [0.1, 0.15) is 5.75 Å². The van der Waals surface area contributed by atoms with E-state index in [9.17, 15) is 4.79 Å². The molecule has 0 fully saturated rings. The van der Waals surface area contributed by atoms with Crippen molar-refractivity contribution < 1.29 is 9.53 Å². The largest absolute Gasteiger partial charge is 0.497 e. The fraction of sp³-hybridized carbons (Fsp3) is 0.118. The van der Waals surface area contributed by atoms with Gasteiger partial charge in [-0.25, -0.2) is 0 Å². The molecule has 0 radical (unpaired) electrons. The summed E-state index contributed by atoms with van der Waals surface area (Å²) in [5, 5.41) is 2.76. The first-order valence-corrected chi connectivity index (χ1v) is 6.42. The van der Waals surface area contributed by atoms with Gasteiger partial charge in [0, 0.05) is 6.20 Å². The molecular weight excluding hydrogens is 250 g/mol. The zero-order valence-corrected chi connectivity index (χ0v) is 11.4. The lowest BCUT2D eigenvalue weighted by molar-refractivity contribution is -0.119. The summed E-state index contributed by atoms with van der Waals surface area (Å²) in [5.74, 6) is 0.750. The van der Waals surface area contributed by atoms with Crippen molar-refractivity contribution in [3.8, 4) is 5.75 Å². The van der Waals surface area contributed by atoms with Crippen LogP contribution in [0.3, 0.4) is 0 Å². The van der Waals surface area contributed by atoms with Crippen LogP contribution in [0.1, 0.15) is 11.1 Å². The number of methoxy groups -OCH3 is 1. The predicted molar refractivity (Wildman–Crippen MR) is 80.3 cm³/mol. The molecule has 1 N–H and O–H groups in total. The van der Waals surface area contributed by atoms with E-state index in [1.54, 1.807) is 13.3 Å². The van der Waals surface area contributed by atoms with Crippen LogP contribution >= 0.6 is 0 Å². The minimum absolute atomic E-state index is 0.0395. The molecule has 3 nitrogen and oxygen atoms in total. The van der Waals surface area contributed by atoms with Crippen molar-refractivity contribution in [1.29, 1.82) is 0 Å². The molecule has 2 aromatic rings. The summed E-state index contributed by atoms with van der Waals surface area (Å²) < 4.78 is 5.08. The number of ether oxygens (including phenoxy) is 1. The summed E-state index contributed by atoms with van der Waals surface area (Å²) >= 11 is 0. The monoisotopic (exact) mass is 267 g/mol. The zero-order chi connectivity index (χ0) is 14.2. The summed E-state index contributed by atoms with van der Waals surface area (Å²) in [6.07, 6.45) is 3.89. The Balaban J connectivity index is 1.84. The van der Waals surface area contributed by atoms with Crippen molar-refractivity contribution in [2.45, 2.75) is 6.42 Å². The summed E-state index contributed by atoms with van der Waals surface area (Å²) in [5.41, 5.74) is 2.01. The van der Waals surface area contributed by atoms with Crippen molar-refractivity contribution in [3.05, 3.63) is 71.9 Å². The van der Waals surface area contributed by atoms with Crippen molar-refractivity contribution in [1.82, 2.24) is 5.32 Å². The second-order valence-corrected chi connectivity index (χ2v) is 4.34. The standard InChI is InChI=1S/C17H17NO2/c1-20-16-9-7-15(8-10-16)13-17(19)18-12-11-14-5-3-2-4-6-14/h2-12H,13H2,1H3,(H,18,19)/b12-11+. The van der Waals surface area contributed by atoms with Crippen molar-refractivity contribution in [2.75, 3.05) is 7.11 Å². The highest BCUT2D eigenvalue weighted by molar-refractivity contribution is 5.80. The van der Waals surface area contributed by atoms with Crippen molar-refractivity contribution in [3.63, 3.8) is 0 Å². The first kappa shape index (κ1) is 13.9. The van der Waals surface area contributed by atoms with Gasteiger partial charge in [-0.1, -0.05) is 42.5 Å². The summed E-state index contributed by atoms with van der Waals surface area (Å²) in [6, 6.07) is 17.3. The highest BCUT2D eigenvalue weighted by atomic mass is 16.5. The predicted octanol–water partition coefficient (Wildman–Crippen LogP) is 3.02. The van der Waals surface area contributed by atoms with Crippen LogP contribution in [0.25, 0.3) is 6.08 Å². The second kappa shape index (κ2) is 7.14. The molecule has 1 amide bonds. The second-order valence-electron chi connectivity index (χ2n) is 4.34. The first-order chi connectivity index (χ1) is 9.78. The molecule has 3 heteroatoms. The van der Waals surface area contributed by atoms with Crippen molar-refractivity contribution in [2.24, 2.45) is 0 Å². The molecule has 0 saturated heterocycles. The summed E-state index contributed by atoms with van der Waals surface area (Å²) in [7, 11) is 1.62. The number of benzene rings is 2. The number of carbonyl (C=O) groups excluding carboxylic acids is 1. The molecule has 102 valence electrons. The first-order valence-electron chi connectivity index (χ1n) is 6.42. The molecule has 0 aliphatic heterocycles. The molecule has 20 heavy (non-hydrogen) atoms. The van der Waals surface area contributed by atoms with Crippen LogP contribution in [-0.2, 0) is 11.2 Å². The Labute approximate surface area is 118 Å². The SMILES string of the molecule is COc1ccc(CC(=O)N/C=C/c2ccccc2)cc1. The van der Waals surface area contributed by atoms with E-state index in [-0.39, 0.29) is 5.91 Å². The molecule has 0 aliphatic rings. The Hall–Kier alpha value is -2.55. The molecule has 0 spiro atoms. The maximum atomic E-state index is 11.8. The lowest BCUT2D eigenvalue weighted by Crippen LogP contribution is -2.19. The van der Waals surface area contributed by atoms with Gasteiger partial charge in [0.2, 0.25) is 5.91 Å². The number of amides is 1. The highest BCUT2D eigenvalue weighted by Crippen LogP contribution is 2.11. The van der Waals surface area contributed by atoms with Gasteiger partial charge in [0.05, 0.1) is 13.5 Å². The van der Waals surface area contributed by atoms with E-state index in [1.165, 1.54) is 0 Å². The fourth-order valence-electron chi connectivity index (χ4n) is 1.77.